The lowest BCUT2D eigenvalue weighted by Gasteiger charge is -1.98. The van der Waals surface area contributed by atoms with Gasteiger partial charge in [0.15, 0.2) is 17.3 Å². The minimum Gasteiger partial charge on any atom is -0.476 e. The van der Waals surface area contributed by atoms with Crippen molar-refractivity contribution in [1.82, 2.24) is 9.38 Å². The molecule has 0 aromatic carbocycles. The van der Waals surface area contributed by atoms with Crippen LogP contribution in [0.4, 0.5) is 0 Å². The van der Waals surface area contributed by atoms with E-state index >= 15 is 0 Å². The van der Waals surface area contributed by atoms with Crippen LogP contribution in [0.5, 0.6) is 0 Å². The molecule has 0 saturated heterocycles. The van der Waals surface area contributed by atoms with E-state index in [2.05, 4.69) is 20.9 Å². The number of fused-ring (bicyclic) bond motifs is 1. The number of furan rings is 1. The van der Waals surface area contributed by atoms with Gasteiger partial charge in [0, 0.05) is 10.7 Å². The third kappa shape index (κ3) is 1.62. The van der Waals surface area contributed by atoms with Crippen LogP contribution in [-0.4, -0.2) is 20.5 Å². The Bertz CT molecular complexity index is 731. The Hall–Kier alpha value is -2.08. The van der Waals surface area contributed by atoms with E-state index in [1.165, 1.54) is 6.26 Å². The fourth-order valence-electron chi connectivity index (χ4n) is 1.80. The van der Waals surface area contributed by atoms with Crippen molar-refractivity contribution in [3.63, 3.8) is 0 Å². The van der Waals surface area contributed by atoms with Gasteiger partial charge in [-0.3, -0.25) is 4.40 Å². The normalized spacial score (nSPS) is 10.9. The maximum atomic E-state index is 11.2. The summed E-state index contributed by atoms with van der Waals surface area (Å²) in [5, 5.41) is 9.16. The summed E-state index contributed by atoms with van der Waals surface area (Å²) < 4.78 is 7.75. The first-order valence-corrected chi connectivity index (χ1v) is 5.91. The molecule has 6 heteroatoms. The molecule has 3 aromatic rings. The summed E-state index contributed by atoms with van der Waals surface area (Å²) in [7, 11) is 0. The third-order valence-electron chi connectivity index (χ3n) is 2.55. The number of imidazole rings is 1. The molecule has 0 aliphatic carbocycles. The van der Waals surface area contributed by atoms with Crippen molar-refractivity contribution in [3.05, 3.63) is 46.9 Å². The molecule has 0 radical (unpaired) electrons. The second kappa shape index (κ2) is 3.99. The van der Waals surface area contributed by atoms with Gasteiger partial charge in [0.1, 0.15) is 0 Å². The molecule has 5 nitrogen and oxygen atoms in total. The topological polar surface area (TPSA) is 67.7 Å². The fraction of sp³-hybridized carbons (Fsp3) is 0. The summed E-state index contributed by atoms with van der Waals surface area (Å²) in [6.07, 6.45) is 3.27. The Morgan fingerprint density at radius 1 is 1.44 bits per heavy atom. The molecular formula is C12H7BrN2O3. The lowest BCUT2D eigenvalue weighted by Crippen LogP contribution is -1.97. The van der Waals surface area contributed by atoms with E-state index in [0.29, 0.717) is 17.1 Å². The Labute approximate surface area is 110 Å². The van der Waals surface area contributed by atoms with Crippen molar-refractivity contribution >= 4 is 27.4 Å². The van der Waals surface area contributed by atoms with Crippen molar-refractivity contribution in [3.8, 4) is 11.6 Å². The number of aromatic carboxylic acids is 1. The van der Waals surface area contributed by atoms with Crippen molar-refractivity contribution < 1.29 is 14.3 Å². The van der Waals surface area contributed by atoms with Gasteiger partial charge in [-0.25, -0.2) is 9.78 Å². The minimum absolute atomic E-state index is 0.00250. The highest BCUT2D eigenvalue weighted by Crippen LogP contribution is 2.25. The Balaban J connectivity index is 2.37. The zero-order chi connectivity index (χ0) is 12.7. The van der Waals surface area contributed by atoms with Crippen LogP contribution in [0.3, 0.4) is 0 Å². The van der Waals surface area contributed by atoms with Gasteiger partial charge in [-0.1, -0.05) is 15.9 Å². The highest BCUT2D eigenvalue weighted by molar-refractivity contribution is 9.10. The number of hydrogen-bond donors (Lipinski definition) is 1. The number of rotatable bonds is 2. The fourth-order valence-corrected chi connectivity index (χ4v) is 2.13. The van der Waals surface area contributed by atoms with Gasteiger partial charge >= 0.3 is 5.97 Å². The predicted octanol–water partition coefficient (Wildman–Crippen LogP) is 3.06. The summed E-state index contributed by atoms with van der Waals surface area (Å²) >= 11 is 3.32. The lowest BCUT2D eigenvalue weighted by atomic mass is 10.3. The Kier molecular flexibility index (Phi) is 2.45. The molecule has 0 unspecified atom stereocenters. The smallest absolute Gasteiger partial charge is 0.356 e. The zero-order valence-corrected chi connectivity index (χ0v) is 10.6. The second-order valence-electron chi connectivity index (χ2n) is 3.67. The lowest BCUT2D eigenvalue weighted by molar-refractivity contribution is 0.0693. The first-order valence-electron chi connectivity index (χ1n) is 5.11. The molecule has 0 amide bonds. The number of carboxylic acids is 1. The average Bonchev–Trinajstić information content (AvgIpc) is 2.93. The van der Waals surface area contributed by atoms with Crippen molar-refractivity contribution in [2.75, 3.05) is 0 Å². The quantitative estimate of drug-likeness (QED) is 0.790. The zero-order valence-electron chi connectivity index (χ0n) is 9.00. The van der Waals surface area contributed by atoms with Crippen molar-refractivity contribution in [2.24, 2.45) is 0 Å². The van der Waals surface area contributed by atoms with Gasteiger partial charge in [-0.2, -0.15) is 0 Å². The highest BCUT2D eigenvalue weighted by Gasteiger charge is 2.19. The maximum Gasteiger partial charge on any atom is 0.356 e. The number of nitrogens with zero attached hydrogens (tertiary/aromatic N) is 2. The average molecular weight is 307 g/mol. The Morgan fingerprint density at radius 3 is 2.94 bits per heavy atom. The molecule has 0 aliphatic rings. The SMILES string of the molecule is O=C(O)c1nc(-c2ccco2)n2ccc(Br)cc12. The molecule has 0 fully saturated rings. The van der Waals surface area contributed by atoms with Crippen molar-refractivity contribution in [2.45, 2.75) is 0 Å². The maximum absolute atomic E-state index is 11.2. The van der Waals surface area contributed by atoms with Gasteiger partial charge in [-0.15, -0.1) is 0 Å². The Morgan fingerprint density at radius 2 is 2.28 bits per heavy atom. The van der Waals surface area contributed by atoms with Crippen LogP contribution in [0, 0.1) is 0 Å². The molecule has 90 valence electrons. The van der Waals surface area contributed by atoms with E-state index in [4.69, 9.17) is 9.52 Å². The summed E-state index contributed by atoms with van der Waals surface area (Å²) in [6.45, 7) is 0. The highest BCUT2D eigenvalue weighted by atomic mass is 79.9. The molecular weight excluding hydrogens is 300 g/mol. The second-order valence-corrected chi connectivity index (χ2v) is 4.58. The first kappa shape index (κ1) is 11.0. The molecule has 0 saturated carbocycles. The molecule has 0 spiro atoms. The number of pyridine rings is 1. The van der Waals surface area contributed by atoms with Gasteiger partial charge in [-0.05, 0) is 24.3 Å². The molecule has 0 atom stereocenters. The van der Waals surface area contributed by atoms with E-state index in [9.17, 15) is 4.79 Å². The third-order valence-corrected chi connectivity index (χ3v) is 3.04. The molecule has 3 aromatic heterocycles. The monoisotopic (exact) mass is 306 g/mol. The summed E-state index contributed by atoms with van der Waals surface area (Å²) in [5.74, 6) is -0.0665. The number of carboxylic acid groups (broad SMARTS) is 1. The molecule has 0 bridgehead atoms. The van der Waals surface area contributed by atoms with Crippen LogP contribution in [-0.2, 0) is 0 Å². The van der Waals surface area contributed by atoms with Crippen LogP contribution < -0.4 is 0 Å². The molecule has 1 N–H and O–H groups in total. The number of carbonyl (C=O) groups is 1. The van der Waals surface area contributed by atoms with Crippen molar-refractivity contribution in [1.29, 1.82) is 0 Å². The summed E-state index contributed by atoms with van der Waals surface area (Å²) in [5.41, 5.74) is 0.519. The van der Waals surface area contributed by atoms with Gasteiger partial charge < -0.3 is 9.52 Å². The van der Waals surface area contributed by atoms with Crippen LogP contribution >= 0.6 is 15.9 Å². The van der Waals surface area contributed by atoms with Gasteiger partial charge in [0.05, 0.1) is 11.8 Å². The molecule has 3 heterocycles. The van der Waals surface area contributed by atoms with Gasteiger partial charge in [0.2, 0.25) is 0 Å². The van der Waals surface area contributed by atoms with E-state index in [-0.39, 0.29) is 5.69 Å². The van der Waals surface area contributed by atoms with Crippen LogP contribution in [0.2, 0.25) is 0 Å². The largest absolute Gasteiger partial charge is 0.476 e. The van der Waals surface area contributed by atoms with E-state index in [0.717, 1.165) is 4.47 Å². The van der Waals surface area contributed by atoms with Gasteiger partial charge in [0.25, 0.3) is 0 Å². The number of halogens is 1. The van der Waals surface area contributed by atoms with E-state index in [1.807, 2.05) is 6.07 Å². The first-order chi connectivity index (χ1) is 8.66. The predicted molar refractivity (Wildman–Crippen MR) is 67.6 cm³/mol. The molecule has 18 heavy (non-hydrogen) atoms. The summed E-state index contributed by atoms with van der Waals surface area (Å²) in [4.78, 5) is 15.3. The van der Waals surface area contributed by atoms with E-state index < -0.39 is 5.97 Å². The number of hydrogen-bond acceptors (Lipinski definition) is 3. The molecule has 0 aliphatic heterocycles. The number of aromatic nitrogens is 2. The summed E-state index contributed by atoms with van der Waals surface area (Å²) in [6, 6.07) is 6.99. The standard InChI is InChI=1S/C12H7BrN2O3/c13-7-3-4-15-8(6-7)10(12(16)17)14-11(15)9-2-1-5-18-9/h1-6H,(H,16,17). The van der Waals surface area contributed by atoms with E-state index in [1.54, 1.807) is 28.8 Å². The van der Waals surface area contributed by atoms with Crippen LogP contribution in [0.15, 0.2) is 45.6 Å². The minimum atomic E-state index is -1.07. The van der Waals surface area contributed by atoms with Crippen LogP contribution in [0.25, 0.3) is 17.1 Å². The molecule has 3 rings (SSSR count). The van der Waals surface area contributed by atoms with Crippen LogP contribution in [0.1, 0.15) is 10.5 Å².